The maximum Gasteiger partial charge on any atom is 0.223 e. The van der Waals surface area contributed by atoms with Gasteiger partial charge in [0.2, 0.25) is 5.91 Å². The first-order valence-electron chi connectivity index (χ1n) is 7.99. The number of halogens is 1. The van der Waals surface area contributed by atoms with Crippen LogP contribution in [0.5, 0.6) is 0 Å². The van der Waals surface area contributed by atoms with Crippen LogP contribution in [-0.4, -0.2) is 22.9 Å². The van der Waals surface area contributed by atoms with Gasteiger partial charge < -0.3 is 10.6 Å². The first-order valence-corrected chi connectivity index (χ1v) is 8.37. The summed E-state index contributed by atoms with van der Waals surface area (Å²) in [5.74, 6) is 0.267. The Kier molecular flexibility index (Phi) is 4.51. The SMILES string of the molecule is NC1CCC(=O)N(C2CCCCC2)C1c1ccc(Cl)cc1. The van der Waals surface area contributed by atoms with Crippen molar-refractivity contribution >= 4 is 17.5 Å². The number of nitrogens with two attached hydrogens (primary N) is 1. The Morgan fingerprint density at radius 2 is 1.71 bits per heavy atom. The van der Waals surface area contributed by atoms with Gasteiger partial charge in [0.05, 0.1) is 6.04 Å². The van der Waals surface area contributed by atoms with E-state index in [9.17, 15) is 4.79 Å². The van der Waals surface area contributed by atoms with Crippen LogP contribution in [0, 0.1) is 0 Å². The second-order valence-electron chi connectivity index (χ2n) is 6.29. The van der Waals surface area contributed by atoms with Crippen molar-refractivity contribution in [2.24, 2.45) is 5.73 Å². The number of amides is 1. The molecule has 114 valence electrons. The van der Waals surface area contributed by atoms with Crippen LogP contribution in [-0.2, 0) is 4.79 Å². The molecule has 1 aromatic carbocycles. The summed E-state index contributed by atoms with van der Waals surface area (Å²) < 4.78 is 0. The molecule has 1 aromatic rings. The summed E-state index contributed by atoms with van der Waals surface area (Å²) in [5.41, 5.74) is 7.50. The lowest BCUT2D eigenvalue weighted by Gasteiger charge is -2.45. The highest BCUT2D eigenvalue weighted by Gasteiger charge is 2.39. The molecule has 2 fully saturated rings. The van der Waals surface area contributed by atoms with Crippen LogP contribution in [0.4, 0.5) is 0 Å². The number of benzene rings is 1. The van der Waals surface area contributed by atoms with Gasteiger partial charge in [0.15, 0.2) is 0 Å². The molecule has 1 saturated carbocycles. The predicted molar refractivity (Wildman–Crippen MR) is 85.1 cm³/mol. The molecule has 1 saturated heterocycles. The van der Waals surface area contributed by atoms with Crippen LogP contribution in [0.25, 0.3) is 0 Å². The Labute approximate surface area is 131 Å². The molecular formula is C17H23ClN2O. The van der Waals surface area contributed by atoms with Crippen LogP contribution in [0.15, 0.2) is 24.3 Å². The predicted octanol–water partition coefficient (Wildman–Crippen LogP) is 3.66. The molecule has 1 heterocycles. The molecule has 1 aliphatic carbocycles. The second-order valence-corrected chi connectivity index (χ2v) is 6.73. The summed E-state index contributed by atoms with van der Waals surface area (Å²) in [6, 6.07) is 8.20. The van der Waals surface area contributed by atoms with E-state index in [1.165, 1.54) is 19.3 Å². The second kappa shape index (κ2) is 6.37. The van der Waals surface area contributed by atoms with Crippen LogP contribution < -0.4 is 5.73 Å². The van der Waals surface area contributed by atoms with Crippen LogP contribution in [0.3, 0.4) is 0 Å². The van der Waals surface area contributed by atoms with E-state index < -0.39 is 0 Å². The Hall–Kier alpha value is -1.06. The number of hydrogen-bond donors (Lipinski definition) is 1. The average Bonchev–Trinajstić information content (AvgIpc) is 2.51. The molecule has 0 bridgehead atoms. The van der Waals surface area contributed by atoms with E-state index in [4.69, 9.17) is 17.3 Å². The summed E-state index contributed by atoms with van der Waals surface area (Å²) in [6.07, 6.45) is 7.31. The summed E-state index contributed by atoms with van der Waals surface area (Å²) in [4.78, 5) is 14.6. The number of carbonyl (C=O) groups is 1. The van der Waals surface area contributed by atoms with Gasteiger partial charge >= 0.3 is 0 Å². The van der Waals surface area contributed by atoms with E-state index in [2.05, 4.69) is 4.90 Å². The number of likely N-dealkylation sites (tertiary alicyclic amines) is 1. The zero-order valence-electron chi connectivity index (χ0n) is 12.3. The van der Waals surface area contributed by atoms with Crippen molar-refractivity contribution in [2.45, 2.75) is 63.1 Å². The molecule has 2 N–H and O–H groups in total. The number of hydrogen-bond acceptors (Lipinski definition) is 2. The quantitative estimate of drug-likeness (QED) is 0.906. The van der Waals surface area contributed by atoms with Gasteiger partial charge in [0, 0.05) is 23.5 Å². The maximum absolute atomic E-state index is 12.5. The Morgan fingerprint density at radius 1 is 1.05 bits per heavy atom. The highest BCUT2D eigenvalue weighted by molar-refractivity contribution is 6.30. The first-order chi connectivity index (χ1) is 10.2. The monoisotopic (exact) mass is 306 g/mol. The highest BCUT2D eigenvalue weighted by atomic mass is 35.5. The van der Waals surface area contributed by atoms with E-state index >= 15 is 0 Å². The smallest absolute Gasteiger partial charge is 0.223 e. The van der Waals surface area contributed by atoms with Crippen molar-refractivity contribution in [3.63, 3.8) is 0 Å². The van der Waals surface area contributed by atoms with Gasteiger partial charge in [-0.05, 0) is 37.0 Å². The minimum absolute atomic E-state index is 0.00613. The third-order valence-electron chi connectivity index (χ3n) is 4.86. The molecule has 2 atom stereocenters. The molecule has 2 aliphatic rings. The van der Waals surface area contributed by atoms with Gasteiger partial charge in [-0.25, -0.2) is 0 Å². The number of carbonyl (C=O) groups excluding carboxylic acids is 1. The van der Waals surface area contributed by atoms with Gasteiger partial charge in [-0.3, -0.25) is 4.79 Å². The lowest BCUT2D eigenvalue weighted by molar-refractivity contribution is -0.141. The van der Waals surface area contributed by atoms with Crippen molar-refractivity contribution in [3.05, 3.63) is 34.9 Å². The summed E-state index contributed by atoms with van der Waals surface area (Å²) >= 11 is 5.99. The fourth-order valence-corrected chi connectivity index (χ4v) is 3.92. The van der Waals surface area contributed by atoms with E-state index in [1.807, 2.05) is 24.3 Å². The number of piperidine rings is 1. The molecule has 0 aromatic heterocycles. The lowest BCUT2D eigenvalue weighted by atomic mass is 9.85. The van der Waals surface area contributed by atoms with Crippen LogP contribution in [0.1, 0.15) is 56.6 Å². The van der Waals surface area contributed by atoms with Gasteiger partial charge in [-0.2, -0.15) is 0 Å². The zero-order valence-corrected chi connectivity index (χ0v) is 13.1. The Balaban J connectivity index is 1.91. The molecule has 0 spiro atoms. The molecule has 2 unspecified atom stereocenters. The maximum atomic E-state index is 12.5. The molecule has 1 aliphatic heterocycles. The largest absolute Gasteiger partial charge is 0.331 e. The Morgan fingerprint density at radius 3 is 2.38 bits per heavy atom. The fraction of sp³-hybridized carbons (Fsp3) is 0.588. The fourth-order valence-electron chi connectivity index (χ4n) is 3.80. The minimum atomic E-state index is 0.00613. The van der Waals surface area contributed by atoms with Crippen molar-refractivity contribution in [1.29, 1.82) is 0 Å². The molecule has 4 heteroatoms. The van der Waals surface area contributed by atoms with E-state index in [-0.39, 0.29) is 18.0 Å². The lowest BCUT2D eigenvalue weighted by Crippen LogP contribution is -2.53. The molecule has 3 nitrogen and oxygen atoms in total. The standard InChI is InChI=1S/C17H23ClN2O/c18-13-8-6-12(7-9-13)17-15(19)10-11-16(21)20(17)14-4-2-1-3-5-14/h6-9,14-15,17H,1-5,10-11,19H2. The summed E-state index contributed by atoms with van der Waals surface area (Å²) in [6.45, 7) is 0. The first kappa shape index (κ1) is 14.9. The molecule has 0 radical (unpaired) electrons. The van der Waals surface area contributed by atoms with Gasteiger partial charge in [-0.15, -0.1) is 0 Å². The number of nitrogens with zero attached hydrogens (tertiary/aromatic N) is 1. The van der Waals surface area contributed by atoms with E-state index in [0.717, 1.165) is 29.8 Å². The van der Waals surface area contributed by atoms with E-state index in [1.54, 1.807) is 0 Å². The summed E-state index contributed by atoms with van der Waals surface area (Å²) in [7, 11) is 0. The molecule has 1 amide bonds. The Bertz CT molecular complexity index is 496. The van der Waals surface area contributed by atoms with Crippen LogP contribution in [0.2, 0.25) is 5.02 Å². The minimum Gasteiger partial charge on any atom is -0.331 e. The molecular weight excluding hydrogens is 284 g/mol. The normalized spacial score (nSPS) is 27.9. The average molecular weight is 307 g/mol. The summed E-state index contributed by atoms with van der Waals surface area (Å²) in [5, 5.41) is 0.721. The van der Waals surface area contributed by atoms with Crippen molar-refractivity contribution in [2.75, 3.05) is 0 Å². The van der Waals surface area contributed by atoms with Crippen molar-refractivity contribution in [1.82, 2.24) is 4.90 Å². The third kappa shape index (κ3) is 3.09. The number of rotatable bonds is 2. The van der Waals surface area contributed by atoms with Gasteiger partial charge in [0.1, 0.15) is 0 Å². The highest BCUT2D eigenvalue weighted by Crippen LogP contribution is 2.37. The van der Waals surface area contributed by atoms with Crippen molar-refractivity contribution < 1.29 is 4.79 Å². The molecule has 3 rings (SSSR count). The third-order valence-corrected chi connectivity index (χ3v) is 5.12. The topological polar surface area (TPSA) is 46.3 Å². The zero-order chi connectivity index (χ0) is 14.8. The van der Waals surface area contributed by atoms with Gasteiger partial charge in [-0.1, -0.05) is 43.0 Å². The van der Waals surface area contributed by atoms with Gasteiger partial charge in [0.25, 0.3) is 0 Å². The van der Waals surface area contributed by atoms with Crippen LogP contribution >= 0.6 is 11.6 Å². The molecule has 21 heavy (non-hydrogen) atoms. The van der Waals surface area contributed by atoms with E-state index in [0.29, 0.717) is 12.5 Å². The van der Waals surface area contributed by atoms with Crippen molar-refractivity contribution in [3.8, 4) is 0 Å².